The lowest BCUT2D eigenvalue weighted by atomic mass is 10.00. The number of aromatic hydroxyl groups is 1. The van der Waals surface area contributed by atoms with Crippen LogP contribution in [0, 0.1) is 5.92 Å². The van der Waals surface area contributed by atoms with Crippen molar-refractivity contribution in [3.8, 4) is 5.75 Å². The molecule has 16 heavy (non-hydrogen) atoms. The van der Waals surface area contributed by atoms with Crippen LogP contribution in [-0.4, -0.2) is 24.7 Å². The average Bonchev–Trinajstić information content (AvgIpc) is 2.33. The standard InChI is InChI=1S/C13H20N2O/c16-13-5-3-11(4-6-13)8-15-10-12-2-1-7-14-9-12/h3-6,12,14-16H,1-2,7-10H2. The third-order valence-electron chi connectivity index (χ3n) is 3.10. The molecule has 1 aromatic carbocycles. The molecule has 0 aromatic heterocycles. The molecule has 0 amide bonds. The quantitative estimate of drug-likeness (QED) is 0.720. The number of rotatable bonds is 4. The molecule has 1 atom stereocenters. The van der Waals surface area contributed by atoms with Gasteiger partial charge in [0.25, 0.3) is 0 Å². The van der Waals surface area contributed by atoms with Crippen molar-refractivity contribution in [2.24, 2.45) is 5.92 Å². The van der Waals surface area contributed by atoms with Crippen molar-refractivity contribution in [3.63, 3.8) is 0 Å². The van der Waals surface area contributed by atoms with Crippen LogP contribution in [0.15, 0.2) is 24.3 Å². The normalized spacial score (nSPS) is 20.9. The van der Waals surface area contributed by atoms with Crippen molar-refractivity contribution in [1.82, 2.24) is 10.6 Å². The van der Waals surface area contributed by atoms with Crippen LogP contribution in [0.5, 0.6) is 5.75 Å². The van der Waals surface area contributed by atoms with E-state index in [1.807, 2.05) is 12.1 Å². The molecule has 0 bridgehead atoms. The second-order valence-electron chi connectivity index (χ2n) is 4.51. The van der Waals surface area contributed by atoms with Gasteiger partial charge in [-0.3, -0.25) is 0 Å². The fraction of sp³-hybridized carbons (Fsp3) is 0.538. The highest BCUT2D eigenvalue weighted by atomic mass is 16.3. The van der Waals surface area contributed by atoms with Crippen LogP contribution in [0.4, 0.5) is 0 Å². The molecule has 0 radical (unpaired) electrons. The molecule has 3 N–H and O–H groups in total. The first-order valence-electron chi connectivity index (χ1n) is 6.04. The Bertz CT molecular complexity index is 304. The van der Waals surface area contributed by atoms with Crippen LogP contribution in [0.25, 0.3) is 0 Å². The Kier molecular flexibility index (Phi) is 4.19. The highest BCUT2D eigenvalue weighted by Gasteiger charge is 2.11. The summed E-state index contributed by atoms with van der Waals surface area (Å²) in [7, 11) is 0. The molecule has 1 aliphatic heterocycles. The average molecular weight is 220 g/mol. The lowest BCUT2D eigenvalue weighted by Crippen LogP contribution is -2.35. The maximum Gasteiger partial charge on any atom is 0.115 e. The number of piperidine rings is 1. The molecule has 0 saturated carbocycles. The van der Waals surface area contributed by atoms with Gasteiger partial charge in [0, 0.05) is 6.54 Å². The summed E-state index contributed by atoms with van der Waals surface area (Å²) >= 11 is 0. The minimum absolute atomic E-state index is 0.334. The Hall–Kier alpha value is -1.06. The predicted octanol–water partition coefficient (Wildman–Crippen LogP) is 1.48. The Balaban J connectivity index is 1.69. The van der Waals surface area contributed by atoms with Gasteiger partial charge < -0.3 is 15.7 Å². The van der Waals surface area contributed by atoms with Crippen LogP contribution < -0.4 is 10.6 Å². The van der Waals surface area contributed by atoms with E-state index in [1.54, 1.807) is 12.1 Å². The Morgan fingerprint density at radius 2 is 2.12 bits per heavy atom. The molecule has 88 valence electrons. The topological polar surface area (TPSA) is 44.3 Å². The number of phenolic OH excluding ortho intramolecular Hbond substituents is 1. The summed E-state index contributed by atoms with van der Waals surface area (Å²) in [5.41, 5.74) is 1.22. The largest absolute Gasteiger partial charge is 0.508 e. The van der Waals surface area contributed by atoms with E-state index in [1.165, 1.54) is 24.9 Å². The van der Waals surface area contributed by atoms with E-state index in [4.69, 9.17) is 5.11 Å². The van der Waals surface area contributed by atoms with Gasteiger partial charge >= 0.3 is 0 Å². The molecule has 0 spiro atoms. The predicted molar refractivity (Wildman–Crippen MR) is 65.4 cm³/mol. The molecule has 2 rings (SSSR count). The zero-order valence-electron chi connectivity index (χ0n) is 9.58. The molecular formula is C13H20N2O. The molecule has 1 saturated heterocycles. The van der Waals surface area contributed by atoms with Gasteiger partial charge in [-0.2, -0.15) is 0 Å². The summed E-state index contributed by atoms with van der Waals surface area (Å²) in [5, 5.41) is 16.0. The van der Waals surface area contributed by atoms with E-state index >= 15 is 0 Å². The first-order valence-corrected chi connectivity index (χ1v) is 6.04. The van der Waals surface area contributed by atoms with Crippen LogP contribution in [0.3, 0.4) is 0 Å². The first-order chi connectivity index (χ1) is 7.84. The molecule has 0 aliphatic carbocycles. The van der Waals surface area contributed by atoms with E-state index in [0.717, 1.165) is 25.6 Å². The van der Waals surface area contributed by atoms with Crippen LogP contribution >= 0.6 is 0 Å². The molecule has 1 aliphatic rings. The minimum atomic E-state index is 0.334. The number of benzene rings is 1. The lowest BCUT2D eigenvalue weighted by molar-refractivity contribution is 0.360. The van der Waals surface area contributed by atoms with Crippen LogP contribution in [0.2, 0.25) is 0 Å². The SMILES string of the molecule is Oc1ccc(CNCC2CCCNC2)cc1. The van der Waals surface area contributed by atoms with Gasteiger partial charge in [0.1, 0.15) is 5.75 Å². The number of hydrogen-bond donors (Lipinski definition) is 3. The molecule has 1 heterocycles. The number of phenols is 1. The molecule has 1 aromatic rings. The van der Waals surface area contributed by atoms with E-state index in [9.17, 15) is 0 Å². The van der Waals surface area contributed by atoms with Gasteiger partial charge in [0.15, 0.2) is 0 Å². The molecule has 1 unspecified atom stereocenters. The lowest BCUT2D eigenvalue weighted by Gasteiger charge is -2.22. The van der Waals surface area contributed by atoms with E-state index in [0.29, 0.717) is 5.75 Å². The zero-order chi connectivity index (χ0) is 11.2. The van der Waals surface area contributed by atoms with Gasteiger partial charge in [-0.1, -0.05) is 12.1 Å². The summed E-state index contributed by atoms with van der Waals surface area (Å²) in [6.45, 7) is 4.28. The second-order valence-corrected chi connectivity index (χ2v) is 4.51. The summed E-state index contributed by atoms with van der Waals surface area (Å²) in [6, 6.07) is 7.39. The minimum Gasteiger partial charge on any atom is -0.508 e. The van der Waals surface area contributed by atoms with Gasteiger partial charge in [-0.25, -0.2) is 0 Å². The fourth-order valence-electron chi connectivity index (χ4n) is 2.13. The zero-order valence-corrected chi connectivity index (χ0v) is 9.58. The second kappa shape index (κ2) is 5.87. The monoisotopic (exact) mass is 220 g/mol. The Labute approximate surface area is 96.9 Å². The van der Waals surface area contributed by atoms with Crippen molar-refractivity contribution in [2.45, 2.75) is 19.4 Å². The molecule has 3 heteroatoms. The van der Waals surface area contributed by atoms with Crippen LogP contribution in [-0.2, 0) is 6.54 Å². The summed E-state index contributed by atoms with van der Waals surface area (Å²) < 4.78 is 0. The third-order valence-corrected chi connectivity index (χ3v) is 3.10. The van der Waals surface area contributed by atoms with Gasteiger partial charge in [0.05, 0.1) is 0 Å². The Morgan fingerprint density at radius 3 is 2.81 bits per heavy atom. The Morgan fingerprint density at radius 1 is 1.31 bits per heavy atom. The van der Waals surface area contributed by atoms with Crippen molar-refractivity contribution in [2.75, 3.05) is 19.6 Å². The van der Waals surface area contributed by atoms with Crippen LogP contribution in [0.1, 0.15) is 18.4 Å². The van der Waals surface area contributed by atoms with Crippen molar-refractivity contribution < 1.29 is 5.11 Å². The smallest absolute Gasteiger partial charge is 0.115 e. The van der Waals surface area contributed by atoms with E-state index in [2.05, 4.69) is 10.6 Å². The fourth-order valence-corrected chi connectivity index (χ4v) is 2.13. The summed E-state index contributed by atoms with van der Waals surface area (Å²) in [4.78, 5) is 0. The summed E-state index contributed by atoms with van der Waals surface area (Å²) in [5.74, 6) is 1.10. The first kappa shape index (κ1) is 11.4. The van der Waals surface area contributed by atoms with E-state index in [-0.39, 0.29) is 0 Å². The third kappa shape index (κ3) is 3.51. The van der Waals surface area contributed by atoms with E-state index < -0.39 is 0 Å². The maximum atomic E-state index is 9.16. The highest BCUT2D eigenvalue weighted by Crippen LogP contribution is 2.11. The van der Waals surface area contributed by atoms with Gasteiger partial charge in [-0.05, 0) is 56.1 Å². The van der Waals surface area contributed by atoms with Crippen molar-refractivity contribution in [1.29, 1.82) is 0 Å². The number of nitrogens with one attached hydrogen (secondary N) is 2. The molecule has 3 nitrogen and oxygen atoms in total. The van der Waals surface area contributed by atoms with Crippen molar-refractivity contribution >= 4 is 0 Å². The summed E-state index contributed by atoms with van der Waals surface area (Å²) in [6.07, 6.45) is 2.63. The van der Waals surface area contributed by atoms with Gasteiger partial charge in [0.2, 0.25) is 0 Å². The highest BCUT2D eigenvalue weighted by molar-refractivity contribution is 5.25. The molecule has 1 fully saturated rings. The maximum absolute atomic E-state index is 9.16. The number of hydrogen-bond acceptors (Lipinski definition) is 3. The van der Waals surface area contributed by atoms with Gasteiger partial charge in [-0.15, -0.1) is 0 Å². The molecular weight excluding hydrogens is 200 g/mol. The van der Waals surface area contributed by atoms with Crippen molar-refractivity contribution in [3.05, 3.63) is 29.8 Å².